The lowest BCUT2D eigenvalue weighted by molar-refractivity contribution is 0.0914. The number of hydrogen-bond donors (Lipinski definition) is 3. The summed E-state index contributed by atoms with van der Waals surface area (Å²) in [6, 6.07) is 1.45. The Morgan fingerprint density at radius 3 is 2.35 bits per heavy atom. The minimum atomic E-state index is -0.332. The summed E-state index contributed by atoms with van der Waals surface area (Å²) in [6.07, 6.45) is 12.3. The van der Waals surface area contributed by atoms with Crippen molar-refractivity contribution < 1.29 is 4.79 Å². The highest BCUT2D eigenvalue weighted by molar-refractivity contribution is 6.03. The van der Waals surface area contributed by atoms with Crippen molar-refractivity contribution >= 4 is 17.8 Å². The second-order valence-electron chi connectivity index (χ2n) is 7.68. The molecule has 0 aromatic carbocycles. The Morgan fingerprint density at radius 2 is 2.00 bits per heavy atom. The van der Waals surface area contributed by atoms with Crippen molar-refractivity contribution in [3.63, 3.8) is 0 Å². The Morgan fingerprint density at radius 1 is 1.48 bits per heavy atom. The molecule has 1 aromatic heterocycles. The van der Waals surface area contributed by atoms with E-state index in [0.29, 0.717) is 5.69 Å². The number of carbonyl (C=O) groups is 1. The topological polar surface area (TPSA) is 111 Å². The third-order valence-corrected chi connectivity index (χ3v) is 3.35. The zero-order chi connectivity index (χ0) is 24.6. The molecule has 0 aliphatic rings. The highest BCUT2D eigenvalue weighted by Crippen LogP contribution is 2.17. The largest absolute Gasteiger partial charge is 0.403 e. The molecule has 0 aliphatic heterocycles. The maximum atomic E-state index is 12.3. The summed E-state index contributed by atoms with van der Waals surface area (Å²) in [6.45, 7) is 18.6. The molecule has 7 nitrogen and oxygen atoms in total. The number of hydrogen-bond acceptors (Lipinski definition) is 5. The fourth-order valence-electron chi connectivity index (χ4n) is 1.97. The van der Waals surface area contributed by atoms with Gasteiger partial charge in [0.25, 0.3) is 5.91 Å². The third kappa shape index (κ3) is 13.7. The van der Waals surface area contributed by atoms with Gasteiger partial charge in [0.15, 0.2) is 5.69 Å². The van der Waals surface area contributed by atoms with Crippen LogP contribution in [0.2, 0.25) is 0 Å². The first-order valence-electron chi connectivity index (χ1n) is 10.2. The van der Waals surface area contributed by atoms with Crippen molar-refractivity contribution in [3.05, 3.63) is 48.1 Å². The first-order valence-corrected chi connectivity index (χ1v) is 10.2. The minimum Gasteiger partial charge on any atom is -0.403 e. The second kappa shape index (κ2) is 15.7. The van der Waals surface area contributed by atoms with Gasteiger partial charge in [-0.25, -0.2) is 4.68 Å². The highest BCUT2D eigenvalue weighted by atomic mass is 16.2. The van der Waals surface area contributed by atoms with Gasteiger partial charge in [0, 0.05) is 23.5 Å². The number of nitrogens with zero attached hydrogens (tertiary/aromatic N) is 3. The molecule has 172 valence electrons. The predicted molar refractivity (Wildman–Crippen MR) is 133 cm³/mol. The lowest BCUT2D eigenvalue weighted by Crippen LogP contribution is -2.40. The van der Waals surface area contributed by atoms with Crippen molar-refractivity contribution in [2.24, 2.45) is 16.5 Å². The SMILES string of the molecule is C#CC.C/C=C(/C)N.C=CN=C/C(=C\CC)n1nc(C(=O)NC(C)(C)C)cc1C(C)N. The van der Waals surface area contributed by atoms with E-state index in [-0.39, 0.29) is 17.5 Å². The third-order valence-electron chi connectivity index (χ3n) is 3.35. The van der Waals surface area contributed by atoms with Gasteiger partial charge in [-0.05, 0) is 61.0 Å². The Balaban J connectivity index is 0. The van der Waals surface area contributed by atoms with Crippen LogP contribution in [-0.4, -0.2) is 27.4 Å². The summed E-state index contributed by atoms with van der Waals surface area (Å²) >= 11 is 0. The van der Waals surface area contributed by atoms with Crippen LogP contribution in [0.25, 0.3) is 5.70 Å². The van der Waals surface area contributed by atoms with Crippen LogP contribution in [0.3, 0.4) is 0 Å². The normalized spacial score (nSPS) is 12.6. The Kier molecular flexibility index (Phi) is 15.2. The number of rotatable bonds is 6. The number of aromatic nitrogens is 2. The molecule has 0 saturated carbocycles. The molecular weight excluding hydrogens is 388 g/mol. The molecule has 1 rings (SSSR count). The van der Waals surface area contributed by atoms with Crippen LogP contribution in [-0.2, 0) is 0 Å². The van der Waals surface area contributed by atoms with Crippen LogP contribution in [0.15, 0.2) is 41.7 Å². The number of allylic oxidation sites excluding steroid dienone is 4. The fourth-order valence-corrected chi connectivity index (χ4v) is 1.97. The lowest BCUT2D eigenvalue weighted by Gasteiger charge is -2.19. The number of aliphatic imine (C=N–C) groups is 1. The van der Waals surface area contributed by atoms with Crippen LogP contribution >= 0.6 is 0 Å². The van der Waals surface area contributed by atoms with E-state index in [9.17, 15) is 4.79 Å². The molecule has 0 spiro atoms. The summed E-state index contributed by atoms with van der Waals surface area (Å²) in [7, 11) is 0. The van der Waals surface area contributed by atoms with Gasteiger partial charge < -0.3 is 16.8 Å². The molecule has 0 fully saturated rings. The molecule has 0 bridgehead atoms. The van der Waals surface area contributed by atoms with E-state index in [1.165, 1.54) is 6.20 Å². The van der Waals surface area contributed by atoms with Gasteiger partial charge in [-0.15, -0.1) is 12.3 Å². The molecule has 31 heavy (non-hydrogen) atoms. The molecule has 0 radical (unpaired) electrons. The zero-order valence-corrected chi connectivity index (χ0v) is 20.4. The average molecular weight is 429 g/mol. The van der Waals surface area contributed by atoms with E-state index in [2.05, 4.69) is 34.3 Å². The van der Waals surface area contributed by atoms with E-state index in [1.807, 2.05) is 60.6 Å². The van der Waals surface area contributed by atoms with E-state index in [4.69, 9.17) is 11.5 Å². The number of nitrogens with one attached hydrogen (secondary N) is 1. The summed E-state index contributed by atoms with van der Waals surface area (Å²) in [5, 5.41) is 7.32. The smallest absolute Gasteiger partial charge is 0.272 e. The number of nitrogens with two attached hydrogens (primary N) is 2. The number of terminal acetylenes is 1. The first kappa shape index (κ1) is 30.1. The van der Waals surface area contributed by atoms with Gasteiger partial charge in [-0.1, -0.05) is 25.7 Å². The van der Waals surface area contributed by atoms with Crippen molar-refractivity contribution in [1.29, 1.82) is 0 Å². The highest BCUT2D eigenvalue weighted by Gasteiger charge is 2.21. The van der Waals surface area contributed by atoms with E-state index < -0.39 is 0 Å². The Hall–Kier alpha value is -3.11. The van der Waals surface area contributed by atoms with E-state index in [1.54, 1.807) is 23.9 Å². The standard InChI is InChI=1S/C17H27N5O.C4H9N.C3H4/c1-7-9-13(11-19-8-2)22-15(12(3)18)10-14(21-22)16(23)20-17(4,5)6;1-3-4(2)5;1-3-2/h8-12H,2,7,18H2,1,3-6H3,(H,20,23);3H,5H2,1-2H3;1H,2H3/b13-9+,19-11?;4-3-;. The van der Waals surface area contributed by atoms with Crippen LogP contribution < -0.4 is 16.8 Å². The molecule has 1 aromatic rings. The van der Waals surface area contributed by atoms with Gasteiger partial charge in [-0.3, -0.25) is 9.79 Å². The van der Waals surface area contributed by atoms with Gasteiger partial charge in [-0.2, -0.15) is 5.10 Å². The van der Waals surface area contributed by atoms with Crippen LogP contribution in [0.1, 0.15) is 84.0 Å². The van der Waals surface area contributed by atoms with Crippen LogP contribution in [0.4, 0.5) is 0 Å². The van der Waals surface area contributed by atoms with E-state index in [0.717, 1.165) is 23.5 Å². The second-order valence-corrected chi connectivity index (χ2v) is 7.68. The summed E-state index contributed by atoms with van der Waals surface area (Å²) in [5.41, 5.74) is 13.6. The Labute approximate surface area is 188 Å². The average Bonchev–Trinajstić information content (AvgIpc) is 3.10. The molecular formula is C24H40N6O. The number of carbonyl (C=O) groups excluding carboxylic acids is 1. The molecule has 5 N–H and O–H groups in total. The predicted octanol–water partition coefficient (Wildman–Crippen LogP) is 4.40. The molecule has 0 saturated heterocycles. The molecule has 1 atom stereocenters. The van der Waals surface area contributed by atoms with Crippen LogP contribution in [0.5, 0.6) is 0 Å². The minimum absolute atomic E-state index is 0.227. The zero-order valence-electron chi connectivity index (χ0n) is 20.4. The van der Waals surface area contributed by atoms with Crippen molar-refractivity contribution in [1.82, 2.24) is 15.1 Å². The van der Waals surface area contributed by atoms with E-state index >= 15 is 0 Å². The molecule has 0 aliphatic carbocycles. The van der Waals surface area contributed by atoms with Crippen LogP contribution in [0, 0.1) is 12.3 Å². The molecule has 1 unspecified atom stereocenters. The molecule has 1 heterocycles. The van der Waals surface area contributed by atoms with Crippen molar-refractivity contribution in [2.45, 2.75) is 73.4 Å². The first-order chi connectivity index (χ1) is 14.4. The lowest BCUT2D eigenvalue weighted by atomic mass is 10.1. The summed E-state index contributed by atoms with van der Waals surface area (Å²) in [5.74, 6) is 2.02. The fraction of sp³-hybridized carbons (Fsp3) is 0.458. The van der Waals surface area contributed by atoms with Gasteiger partial charge in [0.2, 0.25) is 0 Å². The molecule has 1 amide bonds. The summed E-state index contributed by atoms with van der Waals surface area (Å²) in [4.78, 5) is 16.4. The quantitative estimate of drug-likeness (QED) is 0.460. The number of amides is 1. The van der Waals surface area contributed by atoms with Gasteiger partial charge in [0.1, 0.15) is 0 Å². The molecule has 7 heteroatoms. The van der Waals surface area contributed by atoms with Crippen molar-refractivity contribution in [3.8, 4) is 12.3 Å². The van der Waals surface area contributed by atoms with Crippen molar-refractivity contribution in [2.75, 3.05) is 0 Å². The van der Waals surface area contributed by atoms with Gasteiger partial charge >= 0.3 is 0 Å². The monoisotopic (exact) mass is 428 g/mol. The Bertz CT molecular complexity index is 810. The summed E-state index contributed by atoms with van der Waals surface area (Å²) < 4.78 is 1.67. The maximum absolute atomic E-state index is 12.3. The van der Waals surface area contributed by atoms with Gasteiger partial charge in [0.05, 0.1) is 17.6 Å². The maximum Gasteiger partial charge on any atom is 0.272 e.